The summed E-state index contributed by atoms with van der Waals surface area (Å²) in [5.41, 5.74) is 1.14. The van der Waals surface area contributed by atoms with Crippen LogP contribution < -0.4 is 13.1 Å². The molecule has 86 valence electrons. The Balaban J connectivity index is 1.95. The zero-order chi connectivity index (χ0) is 12.1. The SMILES string of the molecule is COc1ccc(COc2cc[c]([SnH])cc2)cc1. The first-order chi connectivity index (χ1) is 8.28. The van der Waals surface area contributed by atoms with Crippen LogP contribution in [0.15, 0.2) is 48.5 Å². The summed E-state index contributed by atoms with van der Waals surface area (Å²) < 4.78 is 12.2. The molecule has 0 atom stereocenters. The summed E-state index contributed by atoms with van der Waals surface area (Å²) in [6.45, 7) is 0.587. The van der Waals surface area contributed by atoms with Gasteiger partial charge >= 0.3 is 115 Å². The Morgan fingerprint density at radius 1 is 0.882 bits per heavy atom. The average molecular weight is 333 g/mol. The Labute approximate surface area is 115 Å². The van der Waals surface area contributed by atoms with Gasteiger partial charge in [-0.05, 0) is 0 Å². The minimum atomic E-state index is 0.587. The molecule has 0 aliphatic heterocycles. The van der Waals surface area contributed by atoms with Gasteiger partial charge in [-0.15, -0.1) is 0 Å². The normalized spacial score (nSPS) is 10.0. The average Bonchev–Trinajstić information content (AvgIpc) is 2.39. The Hall–Kier alpha value is -1.16. The summed E-state index contributed by atoms with van der Waals surface area (Å²) in [6.07, 6.45) is 0. The van der Waals surface area contributed by atoms with Gasteiger partial charge in [-0.2, -0.15) is 0 Å². The molecule has 0 saturated heterocycles. The number of benzene rings is 2. The molecule has 3 heteroatoms. The van der Waals surface area contributed by atoms with Gasteiger partial charge in [0.15, 0.2) is 0 Å². The van der Waals surface area contributed by atoms with E-state index in [-0.39, 0.29) is 0 Å². The van der Waals surface area contributed by atoms with E-state index in [0.717, 1.165) is 39.6 Å². The summed E-state index contributed by atoms with van der Waals surface area (Å²) in [7, 11) is 1.67. The predicted molar refractivity (Wildman–Crippen MR) is 70.6 cm³/mol. The number of methoxy groups -OCH3 is 1. The van der Waals surface area contributed by atoms with Crippen molar-refractivity contribution in [2.45, 2.75) is 6.61 Å². The van der Waals surface area contributed by atoms with Gasteiger partial charge in [0.1, 0.15) is 0 Å². The third kappa shape index (κ3) is 3.66. The van der Waals surface area contributed by atoms with Crippen molar-refractivity contribution in [2.24, 2.45) is 0 Å². The molecule has 0 N–H and O–H groups in total. The number of hydrogen-bond acceptors (Lipinski definition) is 2. The van der Waals surface area contributed by atoms with Crippen molar-refractivity contribution in [1.82, 2.24) is 0 Å². The molecule has 17 heavy (non-hydrogen) atoms. The zero-order valence-corrected chi connectivity index (χ0v) is 13.0. The van der Waals surface area contributed by atoms with Crippen LogP contribution in [0, 0.1) is 0 Å². The van der Waals surface area contributed by atoms with Crippen LogP contribution in [0.5, 0.6) is 11.5 Å². The summed E-state index contributed by atoms with van der Waals surface area (Å²) >= 11 is 1.14. The van der Waals surface area contributed by atoms with Gasteiger partial charge in [-0.25, -0.2) is 0 Å². The zero-order valence-electron chi connectivity index (χ0n) is 9.72. The fourth-order valence-electron chi connectivity index (χ4n) is 1.45. The van der Waals surface area contributed by atoms with Crippen LogP contribution in [-0.4, -0.2) is 29.6 Å². The van der Waals surface area contributed by atoms with Gasteiger partial charge < -0.3 is 0 Å². The third-order valence-corrected chi connectivity index (χ3v) is 3.54. The number of ether oxygens (including phenoxy) is 2. The van der Waals surface area contributed by atoms with Gasteiger partial charge in [-0.3, -0.25) is 0 Å². The van der Waals surface area contributed by atoms with Gasteiger partial charge in [0, 0.05) is 0 Å². The molecule has 2 aromatic rings. The van der Waals surface area contributed by atoms with E-state index < -0.39 is 0 Å². The van der Waals surface area contributed by atoms with E-state index in [1.54, 1.807) is 7.11 Å². The second-order valence-electron chi connectivity index (χ2n) is 3.71. The Morgan fingerprint density at radius 2 is 1.47 bits per heavy atom. The molecule has 0 spiro atoms. The molecule has 0 bridgehead atoms. The fraction of sp³-hybridized carbons (Fsp3) is 0.143. The second-order valence-corrected chi connectivity index (χ2v) is 5.61. The van der Waals surface area contributed by atoms with Crippen molar-refractivity contribution in [3.8, 4) is 11.5 Å². The maximum atomic E-state index is 5.69. The van der Waals surface area contributed by atoms with Crippen LogP contribution in [0.3, 0.4) is 0 Å². The molecule has 2 nitrogen and oxygen atoms in total. The van der Waals surface area contributed by atoms with E-state index in [1.165, 1.54) is 3.58 Å². The minimum absolute atomic E-state index is 0.587. The van der Waals surface area contributed by atoms with Gasteiger partial charge in [0.25, 0.3) is 0 Å². The van der Waals surface area contributed by atoms with Crippen LogP contribution in [0.25, 0.3) is 0 Å². The molecule has 0 saturated carbocycles. The van der Waals surface area contributed by atoms with E-state index in [0.29, 0.717) is 6.61 Å². The molecule has 2 aromatic carbocycles. The van der Waals surface area contributed by atoms with Crippen LogP contribution >= 0.6 is 0 Å². The van der Waals surface area contributed by atoms with Crippen LogP contribution in [-0.2, 0) is 6.61 Å². The Bertz CT molecular complexity index is 463. The van der Waals surface area contributed by atoms with E-state index in [9.17, 15) is 0 Å². The first-order valence-corrected chi connectivity index (χ1v) is 7.04. The summed E-state index contributed by atoms with van der Waals surface area (Å²) in [6, 6.07) is 16.2. The summed E-state index contributed by atoms with van der Waals surface area (Å²) in [5, 5.41) is 0. The van der Waals surface area contributed by atoms with E-state index in [4.69, 9.17) is 9.47 Å². The molecule has 0 aliphatic carbocycles. The van der Waals surface area contributed by atoms with Gasteiger partial charge in [0.05, 0.1) is 0 Å². The topological polar surface area (TPSA) is 18.5 Å². The molecule has 2 rings (SSSR count). The van der Waals surface area contributed by atoms with Crippen molar-refractivity contribution < 1.29 is 9.47 Å². The van der Waals surface area contributed by atoms with Crippen molar-refractivity contribution in [1.29, 1.82) is 0 Å². The standard InChI is InChI=1S/C14H13O2.Sn.H/c1-15-13-9-7-12(8-10-13)11-16-14-5-3-2-4-6-14;;/h3-10H,11H2,1H3;;. The summed E-state index contributed by atoms with van der Waals surface area (Å²) in [5.74, 6) is 1.78. The molecular weight excluding hydrogens is 319 g/mol. The Morgan fingerprint density at radius 3 is 2.06 bits per heavy atom. The van der Waals surface area contributed by atoms with Crippen molar-refractivity contribution in [3.63, 3.8) is 0 Å². The molecule has 0 heterocycles. The molecular formula is C14H14O2Sn. The molecule has 0 aromatic heterocycles. The van der Waals surface area contributed by atoms with Crippen molar-refractivity contribution in [2.75, 3.05) is 7.11 Å². The molecule has 0 aliphatic rings. The van der Waals surface area contributed by atoms with Crippen LogP contribution in [0.1, 0.15) is 5.56 Å². The summed E-state index contributed by atoms with van der Waals surface area (Å²) in [4.78, 5) is 0. The number of rotatable bonds is 4. The van der Waals surface area contributed by atoms with Gasteiger partial charge in [-0.1, -0.05) is 0 Å². The predicted octanol–water partition coefficient (Wildman–Crippen LogP) is 1.80. The number of hydrogen-bond donors (Lipinski definition) is 0. The molecule has 0 fully saturated rings. The van der Waals surface area contributed by atoms with Gasteiger partial charge in [0.2, 0.25) is 0 Å². The quantitative estimate of drug-likeness (QED) is 0.795. The van der Waals surface area contributed by atoms with E-state index in [1.807, 2.05) is 36.4 Å². The van der Waals surface area contributed by atoms with Crippen molar-refractivity contribution >= 4 is 26.1 Å². The molecule has 0 unspecified atom stereocenters. The first kappa shape index (κ1) is 12.3. The first-order valence-electron chi connectivity index (χ1n) is 5.39. The van der Waals surface area contributed by atoms with E-state index in [2.05, 4.69) is 12.1 Å². The van der Waals surface area contributed by atoms with Crippen molar-refractivity contribution in [3.05, 3.63) is 54.1 Å². The maximum absolute atomic E-state index is 5.69. The van der Waals surface area contributed by atoms with Crippen LogP contribution in [0.2, 0.25) is 0 Å². The second kappa shape index (κ2) is 5.96. The molecule has 0 amide bonds. The monoisotopic (exact) mass is 334 g/mol. The third-order valence-electron chi connectivity index (χ3n) is 2.44. The van der Waals surface area contributed by atoms with Crippen LogP contribution in [0.4, 0.5) is 0 Å². The van der Waals surface area contributed by atoms with E-state index >= 15 is 0 Å². The molecule has 2 radical (unpaired) electrons. The fourth-order valence-corrected chi connectivity index (χ4v) is 2.00. The Kier molecular flexibility index (Phi) is 4.31.